The fourth-order valence-electron chi connectivity index (χ4n) is 2.41. The van der Waals surface area contributed by atoms with Crippen LogP contribution in [0.15, 0.2) is 28.9 Å². The van der Waals surface area contributed by atoms with Crippen LogP contribution >= 0.6 is 47.8 Å². The number of fused-ring (bicyclic) bond motifs is 1. The van der Waals surface area contributed by atoms with Crippen molar-refractivity contribution in [1.82, 2.24) is 4.98 Å². The van der Waals surface area contributed by atoms with Gasteiger partial charge in [-0.1, -0.05) is 11.6 Å². The van der Waals surface area contributed by atoms with Gasteiger partial charge in [-0.3, -0.25) is 0 Å². The number of anilines is 1. The lowest BCUT2D eigenvalue weighted by Crippen LogP contribution is -2.17. The Balaban J connectivity index is 0.00000144. The molecule has 0 saturated heterocycles. The quantitative estimate of drug-likeness (QED) is 0.570. The molecule has 3 heterocycles. The van der Waals surface area contributed by atoms with Gasteiger partial charge in [-0.05, 0) is 38.0 Å². The highest BCUT2D eigenvalue weighted by Gasteiger charge is 2.15. The fourth-order valence-corrected chi connectivity index (χ4v) is 3.98. The zero-order valence-corrected chi connectivity index (χ0v) is 16.5. The molecule has 0 spiro atoms. The third kappa shape index (κ3) is 4.55. The van der Waals surface area contributed by atoms with Gasteiger partial charge in [0.2, 0.25) is 0 Å². The molecule has 0 amide bonds. The molecule has 132 valence electrons. The Morgan fingerprint density at radius 3 is 2.79 bits per heavy atom. The van der Waals surface area contributed by atoms with Gasteiger partial charge in [0, 0.05) is 17.0 Å². The smallest absolute Gasteiger partial charge is 0.131 e. The topological polar surface area (TPSA) is 64.1 Å². The molecule has 3 rings (SSSR count). The molecule has 0 radical (unpaired) electrons. The van der Waals surface area contributed by atoms with Crippen LogP contribution in [0.3, 0.4) is 0 Å². The van der Waals surface area contributed by atoms with Gasteiger partial charge in [-0.2, -0.15) is 0 Å². The molecule has 0 aliphatic heterocycles. The summed E-state index contributed by atoms with van der Waals surface area (Å²) in [6, 6.07) is 5.80. The van der Waals surface area contributed by atoms with E-state index in [1.54, 1.807) is 17.6 Å². The number of pyridine rings is 1. The van der Waals surface area contributed by atoms with Gasteiger partial charge in [0.25, 0.3) is 0 Å². The van der Waals surface area contributed by atoms with Crippen molar-refractivity contribution in [3.8, 4) is 0 Å². The van der Waals surface area contributed by atoms with Crippen LogP contribution in [0.1, 0.15) is 23.1 Å². The van der Waals surface area contributed by atoms with Crippen molar-refractivity contribution >= 4 is 63.7 Å². The first-order chi connectivity index (χ1) is 10.5. The van der Waals surface area contributed by atoms with Crippen LogP contribution in [0, 0.1) is 6.92 Å². The Labute approximate surface area is 162 Å². The van der Waals surface area contributed by atoms with E-state index < -0.39 is 0 Å². The molecule has 24 heavy (non-hydrogen) atoms. The Bertz CT molecular complexity index is 788. The lowest BCUT2D eigenvalue weighted by molar-refractivity contribution is 0.518. The van der Waals surface area contributed by atoms with E-state index in [1.807, 2.05) is 25.1 Å². The molecule has 0 aliphatic rings. The SMILES string of the molecule is Cc1c(CC(C)N)sc2c(NCc3ccco3)cc(Cl)nc12.Cl.Cl. The number of halogens is 3. The molecule has 0 bridgehead atoms. The summed E-state index contributed by atoms with van der Waals surface area (Å²) in [5.41, 5.74) is 9.04. The lowest BCUT2D eigenvalue weighted by Gasteiger charge is -2.06. The molecule has 4 nitrogen and oxygen atoms in total. The molecule has 1 atom stereocenters. The van der Waals surface area contributed by atoms with E-state index in [2.05, 4.69) is 17.2 Å². The Morgan fingerprint density at radius 2 is 2.17 bits per heavy atom. The monoisotopic (exact) mass is 407 g/mol. The molecular formula is C16H20Cl3N3OS. The van der Waals surface area contributed by atoms with Crippen LogP contribution in [0.25, 0.3) is 10.2 Å². The Kier molecular flexibility index (Phi) is 7.83. The van der Waals surface area contributed by atoms with Crippen molar-refractivity contribution in [3.63, 3.8) is 0 Å². The van der Waals surface area contributed by atoms with Gasteiger partial charge in [0.1, 0.15) is 10.9 Å². The van der Waals surface area contributed by atoms with Gasteiger partial charge in [0.15, 0.2) is 0 Å². The largest absolute Gasteiger partial charge is 0.467 e. The number of nitrogens with two attached hydrogens (primary N) is 1. The van der Waals surface area contributed by atoms with Crippen molar-refractivity contribution in [3.05, 3.63) is 45.8 Å². The Hall–Kier alpha value is -0.980. The van der Waals surface area contributed by atoms with Crippen molar-refractivity contribution in [2.75, 3.05) is 5.32 Å². The summed E-state index contributed by atoms with van der Waals surface area (Å²) in [6.07, 6.45) is 2.52. The summed E-state index contributed by atoms with van der Waals surface area (Å²) in [7, 11) is 0. The van der Waals surface area contributed by atoms with E-state index in [0.717, 1.165) is 28.1 Å². The number of furan rings is 1. The predicted molar refractivity (Wildman–Crippen MR) is 107 cm³/mol. The van der Waals surface area contributed by atoms with E-state index in [-0.39, 0.29) is 30.9 Å². The van der Waals surface area contributed by atoms with Crippen LogP contribution in [0.5, 0.6) is 0 Å². The first-order valence-electron chi connectivity index (χ1n) is 7.15. The molecule has 8 heteroatoms. The van der Waals surface area contributed by atoms with Gasteiger partial charge in [-0.15, -0.1) is 36.2 Å². The van der Waals surface area contributed by atoms with E-state index in [9.17, 15) is 0 Å². The third-order valence-corrected chi connectivity index (χ3v) is 5.01. The highest BCUT2D eigenvalue weighted by molar-refractivity contribution is 7.19. The standard InChI is InChI=1S/C16H18ClN3OS.2ClH/c1-9(18)6-13-10(2)15-16(22-13)12(7-14(17)20-15)19-8-11-4-3-5-21-11;;/h3-5,7,9H,6,8,18H2,1-2H3,(H,19,20);2*1H. The number of thiophene rings is 1. The first kappa shape index (κ1) is 21.1. The van der Waals surface area contributed by atoms with Crippen LogP contribution in [-0.2, 0) is 13.0 Å². The minimum absolute atomic E-state index is 0. The molecule has 0 fully saturated rings. The molecular weight excluding hydrogens is 389 g/mol. The molecule has 3 aromatic heterocycles. The third-order valence-electron chi connectivity index (χ3n) is 3.48. The van der Waals surface area contributed by atoms with Gasteiger partial charge in [-0.25, -0.2) is 4.98 Å². The number of hydrogen-bond acceptors (Lipinski definition) is 5. The molecule has 0 aromatic carbocycles. The fraction of sp³-hybridized carbons (Fsp3) is 0.312. The van der Waals surface area contributed by atoms with E-state index in [0.29, 0.717) is 11.7 Å². The molecule has 0 aliphatic carbocycles. The second-order valence-corrected chi connectivity index (χ2v) is 6.93. The number of hydrogen-bond donors (Lipinski definition) is 2. The summed E-state index contributed by atoms with van der Waals surface area (Å²) in [4.78, 5) is 5.75. The maximum absolute atomic E-state index is 6.18. The highest BCUT2D eigenvalue weighted by Crippen LogP contribution is 2.37. The van der Waals surface area contributed by atoms with E-state index >= 15 is 0 Å². The molecule has 3 N–H and O–H groups in total. The lowest BCUT2D eigenvalue weighted by atomic mass is 10.1. The van der Waals surface area contributed by atoms with Crippen LogP contribution in [0.4, 0.5) is 5.69 Å². The Morgan fingerprint density at radius 1 is 1.42 bits per heavy atom. The number of nitrogens with one attached hydrogen (secondary N) is 1. The van der Waals surface area contributed by atoms with Gasteiger partial charge >= 0.3 is 0 Å². The summed E-state index contributed by atoms with van der Waals surface area (Å²) in [5, 5.41) is 3.87. The number of rotatable bonds is 5. The van der Waals surface area contributed by atoms with Crippen LogP contribution in [-0.4, -0.2) is 11.0 Å². The van der Waals surface area contributed by atoms with E-state index in [1.165, 1.54) is 10.4 Å². The minimum Gasteiger partial charge on any atom is -0.467 e. The van der Waals surface area contributed by atoms with E-state index in [4.69, 9.17) is 21.8 Å². The summed E-state index contributed by atoms with van der Waals surface area (Å²) >= 11 is 7.91. The predicted octanol–water partition coefficient (Wildman–Crippen LogP) is 5.20. The summed E-state index contributed by atoms with van der Waals surface area (Å²) < 4.78 is 6.47. The van der Waals surface area contributed by atoms with Gasteiger partial charge < -0.3 is 15.5 Å². The molecule has 0 saturated carbocycles. The summed E-state index contributed by atoms with van der Waals surface area (Å²) in [5.74, 6) is 0.880. The number of aryl methyl sites for hydroxylation is 1. The zero-order valence-electron chi connectivity index (χ0n) is 13.3. The number of nitrogens with zero attached hydrogens (tertiary/aromatic N) is 1. The first-order valence-corrected chi connectivity index (χ1v) is 8.34. The second kappa shape index (κ2) is 8.92. The summed E-state index contributed by atoms with van der Waals surface area (Å²) in [6.45, 7) is 4.71. The molecule has 1 unspecified atom stereocenters. The maximum Gasteiger partial charge on any atom is 0.131 e. The highest BCUT2D eigenvalue weighted by atomic mass is 35.5. The van der Waals surface area contributed by atoms with Crippen LogP contribution < -0.4 is 11.1 Å². The van der Waals surface area contributed by atoms with Crippen LogP contribution in [0.2, 0.25) is 5.15 Å². The second-order valence-electron chi connectivity index (χ2n) is 5.43. The van der Waals surface area contributed by atoms with Crippen molar-refractivity contribution in [1.29, 1.82) is 0 Å². The van der Waals surface area contributed by atoms with Gasteiger partial charge in [0.05, 0.1) is 28.7 Å². The average molecular weight is 409 g/mol. The number of aromatic nitrogens is 1. The minimum atomic E-state index is 0. The van der Waals surface area contributed by atoms with Crippen molar-refractivity contribution < 1.29 is 4.42 Å². The van der Waals surface area contributed by atoms with Crippen molar-refractivity contribution in [2.45, 2.75) is 32.9 Å². The normalized spacial score (nSPS) is 11.7. The maximum atomic E-state index is 6.18. The average Bonchev–Trinajstić information content (AvgIpc) is 3.07. The molecule has 3 aromatic rings. The zero-order chi connectivity index (χ0) is 15.7. The van der Waals surface area contributed by atoms with Crippen molar-refractivity contribution in [2.24, 2.45) is 5.73 Å².